The molecule has 1 aromatic carbocycles. The molecule has 5 nitrogen and oxygen atoms in total. The number of benzene rings is 1. The molecule has 0 N–H and O–H groups in total. The van der Waals surface area contributed by atoms with Gasteiger partial charge in [0.25, 0.3) is 11.8 Å². The highest BCUT2D eigenvalue weighted by molar-refractivity contribution is 5.99. The Kier molecular flexibility index (Phi) is 6.43. The second-order valence-electron chi connectivity index (χ2n) is 8.93. The van der Waals surface area contributed by atoms with Crippen molar-refractivity contribution < 1.29 is 13.6 Å². The van der Waals surface area contributed by atoms with E-state index < -0.39 is 11.3 Å². The summed E-state index contributed by atoms with van der Waals surface area (Å²) < 4.78 is 27.2. The molecule has 0 radical (unpaired) electrons. The van der Waals surface area contributed by atoms with Gasteiger partial charge in [-0.25, -0.2) is 8.78 Å². The van der Waals surface area contributed by atoms with Crippen LogP contribution in [0.15, 0.2) is 67.1 Å². The fourth-order valence-electron chi connectivity index (χ4n) is 4.62. The second kappa shape index (κ2) is 9.30. The van der Waals surface area contributed by atoms with Gasteiger partial charge in [0.15, 0.2) is 0 Å². The van der Waals surface area contributed by atoms with Gasteiger partial charge in [-0.05, 0) is 48.6 Å². The number of carbonyl (C=O) groups excluding carboxylic acids is 1. The first-order valence-corrected chi connectivity index (χ1v) is 11.3. The Balaban J connectivity index is 1.51. The van der Waals surface area contributed by atoms with E-state index in [1.807, 2.05) is 19.1 Å². The lowest BCUT2D eigenvalue weighted by molar-refractivity contribution is 0.0174. The maximum atomic E-state index is 13.6. The monoisotopic (exact) mass is 460 g/mol. The zero-order valence-electron chi connectivity index (χ0n) is 19.2. The normalized spacial score (nSPS) is 16.5. The van der Waals surface area contributed by atoms with Crippen molar-refractivity contribution in [1.29, 1.82) is 5.26 Å². The molecule has 1 aliphatic heterocycles. The molecule has 0 unspecified atom stereocenters. The van der Waals surface area contributed by atoms with Gasteiger partial charge in [0.2, 0.25) is 0 Å². The van der Waals surface area contributed by atoms with Crippen LogP contribution in [0.25, 0.3) is 11.3 Å². The standard InChI is InChI=1S/C27H26F2N4O/c1-19(20-5-7-22(8-6-20)26(2,28)29)27(18-30)11-16-33(17-12-27)25(34)23-4-3-13-32-24(23)21-9-14-31-15-10-21/h3-10,13-15,19H,11-12,16-17H2,1-2H3/t19-/m0/s1. The van der Waals surface area contributed by atoms with Gasteiger partial charge in [0.1, 0.15) is 0 Å². The molecular weight excluding hydrogens is 434 g/mol. The van der Waals surface area contributed by atoms with Gasteiger partial charge in [0, 0.05) is 49.7 Å². The Morgan fingerprint density at radius 1 is 1.09 bits per heavy atom. The van der Waals surface area contributed by atoms with Gasteiger partial charge in [-0.3, -0.25) is 14.8 Å². The number of hydrogen-bond acceptors (Lipinski definition) is 4. The summed E-state index contributed by atoms with van der Waals surface area (Å²) in [6.07, 6.45) is 6.00. The summed E-state index contributed by atoms with van der Waals surface area (Å²) in [7, 11) is 0. The maximum Gasteiger partial charge on any atom is 0.270 e. The van der Waals surface area contributed by atoms with Gasteiger partial charge in [-0.15, -0.1) is 0 Å². The van der Waals surface area contributed by atoms with Gasteiger partial charge >= 0.3 is 0 Å². The molecule has 1 aliphatic rings. The zero-order chi connectivity index (χ0) is 24.3. The van der Waals surface area contributed by atoms with Crippen molar-refractivity contribution in [2.75, 3.05) is 13.1 Å². The van der Waals surface area contributed by atoms with Crippen LogP contribution in [0.1, 0.15) is 54.1 Å². The number of carbonyl (C=O) groups is 1. The predicted octanol–water partition coefficient (Wildman–Crippen LogP) is 5.80. The van der Waals surface area contributed by atoms with E-state index in [0.717, 1.165) is 18.1 Å². The molecule has 1 fully saturated rings. The van der Waals surface area contributed by atoms with Crippen LogP contribution in [0, 0.1) is 16.7 Å². The zero-order valence-corrected chi connectivity index (χ0v) is 19.2. The summed E-state index contributed by atoms with van der Waals surface area (Å²) in [6, 6.07) is 15.9. The van der Waals surface area contributed by atoms with Crippen LogP contribution in [0.2, 0.25) is 0 Å². The minimum atomic E-state index is -2.90. The molecule has 1 atom stereocenters. The molecule has 1 saturated heterocycles. The minimum Gasteiger partial charge on any atom is -0.338 e. The Morgan fingerprint density at radius 3 is 2.32 bits per heavy atom. The molecule has 0 spiro atoms. The highest BCUT2D eigenvalue weighted by atomic mass is 19.3. The van der Waals surface area contributed by atoms with E-state index >= 15 is 0 Å². The van der Waals surface area contributed by atoms with Crippen molar-refractivity contribution in [2.24, 2.45) is 5.41 Å². The molecule has 174 valence electrons. The van der Waals surface area contributed by atoms with Crippen molar-refractivity contribution in [3.05, 3.63) is 83.8 Å². The molecule has 0 bridgehead atoms. The van der Waals surface area contributed by atoms with Crippen molar-refractivity contribution in [2.45, 2.75) is 38.5 Å². The molecule has 7 heteroatoms. The van der Waals surface area contributed by atoms with Gasteiger partial charge in [0.05, 0.1) is 22.7 Å². The van der Waals surface area contributed by atoms with Crippen LogP contribution in [0.3, 0.4) is 0 Å². The molecule has 0 aliphatic carbocycles. The summed E-state index contributed by atoms with van der Waals surface area (Å²) >= 11 is 0. The molecule has 0 saturated carbocycles. The van der Waals surface area contributed by atoms with Crippen LogP contribution < -0.4 is 0 Å². The van der Waals surface area contributed by atoms with Crippen LogP contribution in [0.4, 0.5) is 8.78 Å². The number of halogens is 2. The Labute approximate surface area is 198 Å². The highest BCUT2D eigenvalue weighted by Gasteiger charge is 2.42. The molecule has 3 aromatic rings. The topological polar surface area (TPSA) is 69.9 Å². The fourth-order valence-corrected chi connectivity index (χ4v) is 4.62. The van der Waals surface area contributed by atoms with Crippen LogP contribution in [-0.2, 0) is 5.92 Å². The Morgan fingerprint density at radius 2 is 1.74 bits per heavy atom. The van der Waals surface area contributed by atoms with Crippen molar-refractivity contribution in [1.82, 2.24) is 14.9 Å². The third kappa shape index (κ3) is 4.54. The predicted molar refractivity (Wildman–Crippen MR) is 125 cm³/mol. The average Bonchev–Trinajstić information content (AvgIpc) is 2.88. The number of likely N-dealkylation sites (tertiary alicyclic amines) is 1. The first-order chi connectivity index (χ1) is 16.2. The van der Waals surface area contributed by atoms with Crippen LogP contribution in [-0.4, -0.2) is 33.9 Å². The van der Waals surface area contributed by atoms with Crippen LogP contribution in [0.5, 0.6) is 0 Å². The smallest absolute Gasteiger partial charge is 0.270 e. The number of aromatic nitrogens is 2. The van der Waals surface area contributed by atoms with E-state index in [1.54, 1.807) is 47.8 Å². The third-order valence-corrected chi connectivity index (χ3v) is 6.90. The van der Waals surface area contributed by atoms with Crippen LogP contribution >= 0.6 is 0 Å². The van der Waals surface area contributed by atoms with E-state index in [2.05, 4.69) is 16.0 Å². The van der Waals surface area contributed by atoms with E-state index in [-0.39, 0.29) is 17.4 Å². The lowest BCUT2D eigenvalue weighted by Crippen LogP contribution is -2.44. The largest absolute Gasteiger partial charge is 0.338 e. The van der Waals surface area contributed by atoms with E-state index in [4.69, 9.17) is 0 Å². The highest BCUT2D eigenvalue weighted by Crippen LogP contribution is 2.44. The van der Waals surface area contributed by atoms with Crippen molar-refractivity contribution in [3.8, 4) is 17.3 Å². The molecule has 34 heavy (non-hydrogen) atoms. The first-order valence-electron chi connectivity index (χ1n) is 11.3. The molecule has 1 amide bonds. The quantitative estimate of drug-likeness (QED) is 0.482. The van der Waals surface area contributed by atoms with Gasteiger partial charge in [-0.1, -0.05) is 31.2 Å². The number of piperidine rings is 1. The number of rotatable bonds is 5. The Hall–Kier alpha value is -3.66. The third-order valence-electron chi connectivity index (χ3n) is 6.90. The summed E-state index contributed by atoms with van der Waals surface area (Å²) in [5, 5.41) is 10.1. The van der Waals surface area contributed by atoms with E-state index in [0.29, 0.717) is 37.2 Å². The number of alkyl halides is 2. The average molecular weight is 461 g/mol. The van der Waals surface area contributed by atoms with Gasteiger partial charge < -0.3 is 4.90 Å². The minimum absolute atomic E-state index is 0.0451. The molecular formula is C27H26F2N4O. The number of nitriles is 1. The van der Waals surface area contributed by atoms with Gasteiger partial charge in [-0.2, -0.15) is 5.26 Å². The SMILES string of the molecule is C[C@@H](c1ccc(C(C)(F)F)cc1)C1(C#N)CCN(C(=O)c2cccnc2-c2ccncc2)CC1. The summed E-state index contributed by atoms with van der Waals surface area (Å²) in [5.41, 5.74) is 2.07. The number of pyridine rings is 2. The van der Waals surface area contributed by atoms with E-state index in [9.17, 15) is 18.8 Å². The lowest BCUT2D eigenvalue weighted by atomic mass is 9.68. The molecule has 3 heterocycles. The molecule has 4 rings (SSSR count). The number of nitrogens with zero attached hydrogens (tertiary/aromatic N) is 4. The maximum absolute atomic E-state index is 13.6. The number of amides is 1. The Bertz CT molecular complexity index is 1190. The van der Waals surface area contributed by atoms with Crippen molar-refractivity contribution >= 4 is 5.91 Å². The molecule has 2 aromatic heterocycles. The fraction of sp³-hybridized carbons (Fsp3) is 0.333. The first kappa shape index (κ1) is 23.5. The van der Waals surface area contributed by atoms with E-state index in [1.165, 1.54) is 12.1 Å². The van der Waals surface area contributed by atoms with Crippen molar-refractivity contribution in [3.63, 3.8) is 0 Å². The summed E-state index contributed by atoms with van der Waals surface area (Å²) in [5.74, 6) is -3.17. The lowest BCUT2D eigenvalue weighted by Gasteiger charge is -2.41. The summed E-state index contributed by atoms with van der Waals surface area (Å²) in [6.45, 7) is 3.71. The summed E-state index contributed by atoms with van der Waals surface area (Å²) in [4.78, 5) is 23.6. The number of hydrogen-bond donors (Lipinski definition) is 0. The second-order valence-corrected chi connectivity index (χ2v) is 8.93.